The van der Waals surface area contributed by atoms with Crippen molar-refractivity contribution in [2.45, 2.75) is 38.4 Å². The van der Waals surface area contributed by atoms with E-state index in [0.29, 0.717) is 17.2 Å². The van der Waals surface area contributed by atoms with Crippen molar-refractivity contribution in [1.82, 2.24) is 10.3 Å². The van der Waals surface area contributed by atoms with Gasteiger partial charge in [0, 0.05) is 12.1 Å². The number of hydrogen-bond donors (Lipinski definition) is 3. The van der Waals surface area contributed by atoms with Gasteiger partial charge in [0.2, 0.25) is 0 Å². The van der Waals surface area contributed by atoms with E-state index in [2.05, 4.69) is 22.1 Å². The van der Waals surface area contributed by atoms with Crippen LogP contribution >= 0.6 is 0 Å². The highest BCUT2D eigenvalue weighted by molar-refractivity contribution is 5.94. The summed E-state index contributed by atoms with van der Waals surface area (Å²) in [5.74, 6) is 3.66. The minimum absolute atomic E-state index is 0.114. The number of aromatic nitrogens is 1. The number of alkyl halides is 3. The SMILES string of the molecule is CC(C)(CO)NC(=O)c1ccc(C#CC2CC2)nc1.O=C(O)C(F)(F)F. The Morgan fingerprint density at radius 1 is 1.31 bits per heavy atom. The van der Waals surface area contributed by atoms with Crippen molar-refractivity contribution in [2.24, 2.45) is 5.92 Å². The van der Waals surface area contributed by atoms with E-state index in [-0.39, 0.29) is 12.5 Å². The highest BCUT2D eigenvalue weighted by Crippen LogP contribution is 2.27. The van der Waals surface area contributed by atoms with Crippen molar-refractivity contribution in [3.8, 4) is 11.8 Å². The first-order chi connectivity index (χ1) is 11.9. The summed E-state index contributed by atoms with van der Waals surface area (Å²) in [5.41, 5.74) is 0.519. The molecule has 2 rings (SSSR count). The number of carbonyl (C=O) groups excluding carboxylic acids is 1. The molecule has 0 aromatic carbocycles. The van der Waals surface area contributed by atoms with Crippen molar-refractivity contribution in [3.63, 3.8) is 0 Å². The second-order valence-corrected chi connectivity index (χ2v) is 6.27. The molecule has 26 heavy (non-hydrogen) atoms. The van der Waals surface area contributed by atoms with E-state index in [9.17, 15) is 18.0 Å². The van der Waals surface area contributed by atoms with Crippen LogP contribution in [-0.4, -0.2) is 45.4 Å². The fourth-order valence-corrected chi connectivity index (χ4v) is 1.42. The van der Waals surface area contributed by atoms with Gasteiger partial charge < -0.3 is 15.5 Å². The van der Waals surface area contributed by atoms with Gasteiger partial charge in [0.25, 0.3) is 5.91 Å². The van der Waals surface area contributed by atoms with E-state index in [1.165, 1.54) is 19.0 Å². The third-order valence-electron chi connectivity index (χ3n) is 3.10. The first-order valence-corrected chi connectivity index (χ1v) is 7.65. The van der Waals surface area contributed by atoms with Gasteiger partial charge in [-0.1, -0.05) is 5.92 Å². The molecule has 1 aliphatic carbocycles. The Bertz CT molecular complexity index is 699. The zero-order valence-corrected chi connectivity index (χ0v) is 14.2. The topological polar surface area (TPSA) is 99.5 Å². The lowest BCUT2D eigenvalue weighted by atomic mass is 10.1. The molecule has 1 aliphatic rings. The van der Waals surface area contributed by atoms with Crippen LogP contribution in [0.2, 0.25) is 0 Å². The van der Waals surface area contributed by atoms with E-state index < -0.39 is 17.7 Å². The largest absolute Gasteiger partial charge is 0.490 e. The Kier molecular flexibility index (Phi) is 7.15. The van der Waals surface area contributed by atoms with Crippen LogP contribution in [0.25, 0.3) is 0 Å². The molecule has 0 bridgehead atoms. The third kappa shape index (κ3) is 7.98. The lowest BCUT2D eigenvalue weighted by molar-refractivity contribution is -0.192. The highest BCUT2D eigenvalue weighted by atomic mass is 19.4. The molecule has 0 unspecified atom stereocenters. The van der Waals surface area contributed by atoms with Crippen molar-refractivity contribution in [3.05, 3.63) is 29.6 Å². The van der Waals surface area contributed by atoms with Gasteiger partial charge in [0.05, 0.1) is 17.7 Å². The molecule has 9 heteroatoms. The molecular weight excluding hydrogens is 353 g/mol. The van der Waals surface area contributed by atoms with Gasteiger partial charge in [0.15, 0.2) is 0 Å². The average molecular weight is 372 g/mol. The number of hydrogen-bond acceptors (Lipinski definition) is 4. The Hall–Kier alpha value is -2.60. The van der Waals surface area contributed by atoms with Gasteiger partial charge in [-0.3, -0.25) is 4.79 Å². The minimum Gasteiger partial charge on any atom is -0.475 e. The minimum atomic E-state index is -5.08. The Morgan fingerprint density at radius 2 is 1.88 bits per heavy atom. The summed E-state index contributed by atoms with van der Waals surface area (Å²) in [6.07, 6.45) is -1.20. The van der Waals surface area contributed by atoms with Crippen molar-refractivity contribution in [1.29, 1.82) is 0 Å². The summed E-state index contributed by atoms with van der Waals surface area (Å²) in [4.78, 5) is 25.0. The number of amides is 1. The number of nitrogens with zero attached hydrogens (tertiary/aromatic N) is 1. The smallest absolute Gasteiger partial charge is 0.475 e. The maximum absolute atomic E-state index is 11.9. The van der Waals surface area contributed by atoms with Crippen LogP contribution in [0.5, 0.6) is 0 Å². The second-order valence-electron chi connectivity index (χ2n) is 6.27. The predicted molar refractivity (Wildman–Crippen MR) is 86.2 cm³/mol. The summed E-state index contributed by atoms with van der Waals surface area (Å²) in [5, 5.41) is 19.0. The zero-order chi connectivity index (χ0) is 20.0. The first-order valence-electron chi connectivity index (χ1n) is 7.65. The van der Waals surface area contributed by atoms with Gasteiger partial charge in [-0.05, 0) is 44.7 Å². The second kappa shape index (κ2) is 8.67. The van der Waals surface area contributed by atoms with Gasteiger partial charge in [-0.25, -0.2) is 9.78 Å². The molecule has 6 nitrogen and oxygen atoms in total. The van der Waals surface area contributed by atoms with Crippen molar-refractivity contribution in [2.75, 3.05) is 6.61 Å². The monoisotopic (exact) mass is 372 g/mol. The third-order valence-corrected chi connectivity index (χ3v) is 3.10. The molecule has 0 spiro atoms. The van der Waals surface area contributed by atoms with Crippen molar-refractivity contribution >= 4 is 11.9 Å². The number of nitrogens with one attached hydrogen (secondary N) is 1. The molecule has 1 fully saturated rings. The Morgan fingerprint density at radius 3 is 2.27 bits per heavy atom. The number of carboxylic acids is 1. The van der Waals surface area contributed by atoms with E-state index in [1.54, 1.807) is 26.0 Å². The van der Waals surface area contributed by atoms with Crippen LogP contribution in [-0.2, 0) is 4.79 Å². The van der Waals surface area contributed by atoms with E-state index in [1.807, 2.05) is 0 Å². The fraction of sp³-hybridized carbons (Fsp3) is 0.471. The maximum atomic E-state index is 11.9. The normalized spacial score (nSPS) is 13.6. The van der Waals surface area contributed by atoms with Crippen LogP contribution in [0.3, 0.4) is 0 Å². The predicted octanol–water partition coefficient (Wildman–Crippen LogP) is 1.98. The lowest BCUT2D eigenvalue weighted by Crippen LogP contribution is -2.46. The van der Waals surface area contributed by atoms with Gasteiger partial charge in [0.1, 0.15) is 5.69 Å². The van der Waals surface area contributed by atoms with Gasteiger partial charge in [-0.15, -0.1) is 0 Å². The van der Waals surface area contributed by atoms with Crippen LogP contribution in [0.15, 0.2) is 18.3 Å². The molecular formula is C17H19F3N2O4. The molecule has 1 aromatic rings. The zero-order valence-electron chi connectivity index (χ0n) is 14.2. The molecule has 0 aliphatic heterocycles. The summed E-state index contributed by atoms with van der Waals surface area (Å²) < 4.78 is 31.7. The Balaban J connectivity index is 0.000000412. The van der Waals surface area contributed by atoms with Gasteiger partial charge >= 0.3 is 12.1 Å². The maximum Gasteiger partial charge on any atom is 0.490 e. The number of carboxylic acid groups (broad SMARTS) is 1. The fourth-order valence-electron chi connectivity index (χ4n) is 1.42. The lowest BCUT2D eigenvalue weighted by Gasteiger charge is -2.23. The molecule has 0 atom stereocenters. The molecule has 142 valence electrons. The van der Waals surface area contributed by atoms with E-state index in [4.69, 9.17) is 15.0 Å². The number of aliphatic hydroxyl groups excluding tert-OH is 1. The van der Waals surface area contributed by atoms with E-state index >= 15 is 0 Å². The molecule has 1 heterocycles. The van der Waals surface area contributed by atoms with Crippen molar-refractivity contribution < 1.29 is 33.0 Å². The average Bonchev–Trinajstić information content (AvgIpc) is 3.37. The highest BCUT2D eigenvalue weighted by Gasteiger charge is 2.38. The molecule has 1 saturated carbocycles. The number of aliphatic carboxylic acids is 1. The van der Waals surface area contributed by atoms with Crippen LogP contribution in [0.4, 0.5) is 13.2 Å². The van der Waals surface area contributed by atoms with E-state index in [0.717, 1.165) is 0 Å². The van der Waals surface area contributed by atoms with Crippen LogP contribution in [0.1, 0.15) is 42.7 Å². The summed E-state index contributed by atoms with van der Waals surface area (Å²) >= 11 is 0. The van der Waals surface area contributed by atoms with Crippen LogP contribution in [0, 0.1) is 17.8 Å². The quantitative estimate of drug-likeness (QED) is 0.705. The number of carbonyl (C=O) groups is 2. The summed E-state index contributed by atoms with van der Waals surface area (Å²) in [7, 11) is 0. The number of rotatable bonds is 3. The molecule has 1 aromatic heterocycles. The van der Waals surface area contributed by atoms with Crippen LogP contribution < -0.4 is 5.32 Å². The molecule has 0 saturated heterocycles. The standard InChI is InChI=1S/C15H18N2O2.C2HF3O2/c1-15(2,10-18)17-14(19)12-6-8-13(16-9-12)7-5-11-3-4-11;3-2(4,5)1(6)7/h6,8-9,11,18H,3-4,10H2,1-2H3,(H,17,19);(H,6,7). The Labute approximate surface area is 148 Å². The molecule has 0 radical (unpaired) electrons. The molecule has 3 N–H and O–H groups in total. The number of pyridine rings is 1. The van der Waals surface area contributed by atoms with Gasteiger partial charge in [-0.2, -0.15) is 13.2 Å². The summed E-state index contributed by atoms with van der Waals surface area (Å²) in [6.45, 7) is 3.40. The number of aliphatic hydroxyl groups is 1. The number of halogens is 3. The molecule has 1 amide bonds. The summed E-state index contributed by atoms with van der Waals surface area (Å²) in [6, 6.07) is 3.45. The first kappa shape index (κ1) is 21.4.